The van der Waals surface area contributed by atoms with Crippen molar-refractivity contribution in [2.75, 3.05) is 19.9 Å². The number of halogens is 6. The molecule has 0 aliphatic carbocycles. The lowest BCUT2D eigenvalue weighted by molar-refractivity contribution is -0.148. The van der Waals surface area contributed by atoms with E-state index in [1.807, 2.05) is 0 Å². The highest BCUT2D eigenvalue weighted by atomic mass is 32.2. The number of hydrogen-bond donors (Lipinski definition) is 2. The van der Waals surface area contributed by atoms with Crippen molar-refractivity contribution in [1.29, 1.82) is 0 Å². The largest absolute Gasteiger partial charge is 0.464 e. The van der Waals surface area contributed by atoms with Gasteiger partial charge in [0.1, 0.15) is 5.82 Å². The molecule has 17 heteroatoms. The highest BCUT2D eigenvalue weighted by Crippen LogP contribution is 2.32. The van der Waals surface area contributed by atoms with Crippen molar-refractivity contribution < 1.29 is 53.6 Å². The average Bonchev–Trinajstić information content (AvgIpc) is 3.15. The van der Waals surface area contributed by atoms with E-state index in [2.05, 4.69) is 9.72 Å². The van der Waals surface area contributed by atoms with Crippen LogP contribution in [-0.4, -0.2) is 65.3 Å². The lowest BCUT2D eigenvalue weighted by atomic mass is 10.0. The fourth-order valence-electron chi connectivity index (χ4n) is 3.49. The van der Waals surface area contributed by atoms with Gasteiger partial charge in [0.05, 0.1) is 25.6 Å². The summed E-state index contributed by atoms with van der Waals surface area (Å²) in [5, 5.41) is 0. The van der Waals surface area contributed by atoms with E-state index in [1.54, 1.807) is 0 Å². The van der Waals surface area contributed by atoms with Crippen LogP contribution in [-0.2, 0) is 45.3 Å². The van der Waals surface area contributed by atoms with Crippen LogP contribution < -0.4 is 5.73 Å². The number of carbonyl (C=O) groups excluding carboxylic acids is 2. The van der Waals surface area contributed by atoms with Gasteiger partial charge in [-0.2, -0.15) is 21.6 Å². The first-order chi connectivity index (χ1) is 16.9. The second kappa shape index (κ2) is 11.5. The molecule has 1 aromatic carbocycles. The number of rotatable bonds is 5. The molecular weight excluding hydrogens is 538 g/mol. The molecule has 37 heavy (non-hydrogen) atoms. The van der Waals surface area contributed by atoms with Gasteiger partial charge in [0.25, 0.3) is 10.1 Å². The summed E-state index contributed by atoms with van der Waals surface area (Å²) in [5.41, 5.74) is 4.95. The maximum absolute atomic E-state index is 13.8. The summed E-state index contributed by atoms with van der Waals surface area (Å²) in [6.07, 6.45) is -4.71. The molecule has 0 fully saturated rings. The number of fused-ring (bicyclic) bond motifs is 1. The van der Waals surface area contributed by atoms with Crippen LogP contribution >= 0.6 is 0 Å². The minimum absolute atomic E-state index is 0.113. The van der Waals surface area contributed by atoms with Crippen molar-refractivity contribution in [3.05, 3.63) is 52.4 Å². The smallest absolute Gasteiger partial charge is 0.449 e. The minimum atomic E-state index is -4.82. The summed E-state index contributed by atoms with van der Waals surface area (Å²) in [6, 6.07) is 0.0485. The standard InChI is InChI=1S/C19H18F6N4O3.CH4O3S/c1-32-17(31)16-14-8-28(2-3-29(14)18(27-16)19(23,24)25)15(30)6-10(26)4-9-5-12(21)13(22)7-11(9)20;1-5(2,3)4/h5,7,10H,2-4,6,8,26H2,1H3;1H3,(H,2,3,4)/t10-;/m1./s1. The number of nitrogens with zero attached hydrogens (tertiary/aromatic N) is 3. The average molecular weight is 560 g/mol. The van der Waals surface area contributed by atoms with Crippen LogP contribution in [0.25, 0.3) is 0 Å². The predicted molar refractivity (Wildman–Crippen MR) is 114 cm³/mol. The van der Waals surface area contributed by atoms with Crippen LogP contribution in [0, 0.1) is 17.5 Å². The van der Waals surface area contributed by atoms with Gasteiger partial charge in [0, 0.05) is 31.6 Å². The third kappa shape index (κ3) is 8.16. The van der Waals surface area contributed by atoms with Crippen molar-refractivity contribution in [2.45, 2.75) is 38.1 Å². The van der Waals surface area contributed by atoms with Gasteiger partial charge in [-0.05, 0) is 18.1 Å². The van der Waals surface area contributed by atoms with E-state index >= 15 is 0 Å². The second-order valence-electron chi connectivity index (χ2n) is 7.95. The maximum atomic E-state index is 13.8. The Hall–Kier alpha value is -3.18. The Morgan fingerprint density at radius 3 is 2.27 bits per heavy atom. The Morgan fingerprint density at radius 2 is 1.73 bits per heavy atom. The zero-order chi connectivity index (χ0) is 28.3. The Bertz CT molecular complexity index is 1270. The van der Waals surface area contributed by atoms with Gasteiger partial charge >= 0.3 is 12.1 Å². The Morgan fingerprint density at radius 1 is 1.16 bits per heavy atom. The molecule has 2 heterocycles. The number of esters is 1. The van der Waals surface area contributed by atoms with Crippen LogP contribution in [0.1, 0.15) is 34.0 Å². The summed E-state index contributed by atoms with van der Waals surface area (Å²) in [4.78, 5) is 29.1. The van der Waals surface area contributed by atoms with Gasteiger partial charge in [0.15, 0.2) is 17.3 Å². The first-order valence-corrected chi connectivity index (χ1v) is 12.1. The van der Waals surface area contributed by atoms with Crippen molar-refractivity contribution in [2.24, 2.45) is 5.73 Å². The molecule has 0 unspecified atom stereocenters. The van der Waals surface area contributed by atoms with Gasteiger partial charge in [-0.25, -0.2) is 22.9 Å². The summed E-state index contributed by atoms with van der Waals surface area (Å²) in [5.74, 6) is -6.57. The second-order valence-corrected chi connectivity index (χ2v) is 9.41. The van der Waals surface area contributed by atoms with Crippen molar-refractivity contribution >= 4 is 22.0 Å². The van der Waals surface area contributed by atoms with E-state index < -0.39 is 63.2 Å². The lowest BCUT2D eigenvalue weighted by Gasteiger charge is -2.30. The van der Waals surface area contributed by atoms with Crippen LogP contribution in [0.4, 0.5) is 26.3 Å². The fourth-order valence-corrected chi connectivity index (χ4v) is 3.49. The van der Waals surface area contributed by atoms with E-state index in [4.69, 9.17) is 10.3 Å². The molecule has 0 bridgehead atoms. The molecule has 1 atom stereocenters. The number of methoxy groups -OCH3 is 1. The SMILES string of the molecule is COC(=O)c1nc(C(F)(F)F)n2c1CN(C(=O)C[C@H](N)Cc1cc(F)c(F)cc1F)CC2.CS(=O)(=O)O. The molecule has 0 spiro atoms. The van der Waals surface area contributed by atoms with Crippen LogP contribution in [0.5, 0.6) is 0 Å². The molecular formula is C20H22F6N4O6S. The number of nitrogens with two attached hydrogens (primary N) is 1. The number of benzene rings is 1. The van der Waals surface area contributed by atoms with Crippen LogP contribution in [0.3, 0.4) is 0 Å². The third-order valence-corrected chi connectivity index (χ3v) is 5.00. The molecule has 1 aliphatic heterocycles. The number of hydrogen-bond acceptors (Lipinski definition) is 7. The summed E-state index contributed by atoms with van der Waals surface area (Å²) >= 11 is 0. The summed E-state index contributed by atoms with van der Waals surface area (Å²) < 4.78 is 111. The molecule has 0 saturated carbocycles. The Labute approximate surface area is 206 Å². The molecule has 1 aliphatic rings. The normalized spacial score (nSPS) is 14.4. The third-order valence-electron chi connectivity index (χ3n) is 5.00. The maximum Gasteiger partial charge on any atom is 0.449 e. The van der Waals surface area contributed by atoms with Crippen LogP contribution in [0.15, 0.2) is 12.1 Å². The first-order valence-electron chi connectivity index (χ1n) is 10.3. The monoisotopic (exact) mass is 560 g/mol. The van der Waals surface area contributed by atoms with E-state index in [0.717, 1.165) is 11.7 Å². The van der Waals surface area contributed by atoms with Crippen LogP contribution in [0.2, 0.25) is 0 Å². The molecule has 10 nitrogen and oxygen atoms in total. The zero-order valence-corrected chi connectivity index (χ0v) is 20.2. The van der Waals surface area contributed by atoms with Gasteiger partial charge in [-0.1, -0.05) is 0 Å². The molecule has 2 aromatic rings. The van der Waals surface area contributed by atoms with Crippen molar-refractivity contribution in [3.63, 3.8) is 0 Å². The minimum Gasteiger partial charge on any atom is -0.464 e. The van der Waals surface area contributed by atoms with Gasteiger partial charge in [-0.15, -0.1) is 0 Å². The first kappa shape index (κ1) is 30.0. The molecule has 0 radical (unpaired) electrons. The number of amides is 1. The molecule has 0 saturated heterocycles. The van der Waals surface area contributed by atoms with Gasteiger partial charge in [0.2, 0.25) is 11.7 Å². The zero-order valence-electron chi connectivity index (χ0n) is 19.4. The summed E-state index contributed by atoms with van der Waals surface area (Å²) in [7, 11) is -2.68. The summed E-state index contributed by atoms with van der Waals surface area (Å²) in [6.45, 7) is -0.732. The number of alkyl halides is 3. The molecule has 206 valence electrons. The molecule has 3 rings (SSSR count). The van der Waals surface area contributed by atoms with E-state index in [9.17, 15) is 44.3 Å². The fraction of sp³-hybridized carbons (Fsp3) is 0.450. The number of imidazole rings is 1. The van der Waals surface area contributed by atoms with Crippen molar-refractivity contribution in [3.8, 4) is 0 Å². The number of aromatic nitrogens is 2. The molecule has 1 amide bonds. The van der Waals surface area contributed by atoms with Crippen molar-refractivity contribution in [1.82, 2.24) is 14.5 Å². The number of carbonyl (C=O) groups is 2. The Kier molecular flexibility index (Phi) is 9.32. The topological polar surface area (TPSA) is 145 Å². The molecule has 1 aromatic heterocycles. The van der Waals surface area contributed by atoms with E-state index in [-0.39, 0.29) is 43.7 Å². The highest BCUT2D eigenvalue weighted by Gasteiger charge is 2.42. The number of ether oxygens (including phenoxy) is 1. The predicted octanol–water partition coefficient (Wildman–Crippen LogP) is 1.91. The lowest BCUT2D eigenvalue weighted by Crippen LogP contribution is -2.42. The highest BCUT2D eigenvalue weighted by molar-refractivity contribution is 7.85. The van der Waals surface area contributed by atoms with Gasteiger partial charge in [-0.3, -0.25) is 9.35 Å². The quantitative estimate of drug-likeness (QED) is 0.244. The van der Waals surface area contributed by atoms with Gasteiger partial charge < -0.3 is 19.9 Å². The Balaban J connectivity index is 0.000000877. The van der Waals surface area contributed by atoms with E-state index in [0.29, 0.717) is 18.4 Å². The van der Waals surface area contributed by atoms with E-state index in [1.165, 1.54) is 4.90 Å². The molecule has 3 N–H and O–H groups in total.